The molecule has 11 heteroatoms. The van der Waals surface area contributed by atoms with Gasteiger partial charge in [-0.15, -0.1) is 0 Å². The van der Waals surface area contributed by atoms with E-state index in [0.29, 0.717) is 35.0 Å². The summed E-state index contributed by atoms with van der Waals surface area (Å²) in [7, 11) is 3.44. The summed E-state index contributed by atoms with van der Waals surface area (Å²) in [6.45, 7) is 0. The fourth-order valence-corrected chi connectivity index (χ4v) is 5.16. The number of aromatic nitrogens is 4. The van der Waals surface area contributed by atoms with Gasteiger partial charge in [0.25, 0.3) is 11.5 Å². The van der Waals surface area contributed by atoms with Gasteiger partial charge in [-0.3, -0.25) is 9.59 Å². The fraction of sp³-hybridized carbons (Fsp3) is 0.500. The smallest absolute Gasteiger partial charge is 0.274 e. The number of carbonyl (C=O) groups excluding carboxylic acids is 1. The molecule has 4 atom stereocenters. The summed E-state index contributed by atoms with van der Waals surface area (Å²) in [5.41, 5.74) is 0.838. The molecule has 35 heavy (non-hydrogen) atoms. The van der Waals surface area contributed by atoms with Crippen molar-refractivity contribution in [1.29, 1.82) is 0 Å². The number of amides is 1. The van der Waals surface area contributed by atoms with E-state index >= 15 is 0 Å². The summed E-state index contributed by atoms with van der Waals surface area (Å²) in [5, 5.41) is 23.8. The standard InChI is InChI=1S/C24H31N7O4/c1-25-21-12-20(28-17-5-4-10-30(24(17)34)18-6-3-7-19(18)32)29-22-16(13-26-31(21)22)23(33)27-14-8-9-15(11-14)35-2/h4-5,10,12-15,18-19,25,32H,3,6-9,11H2,1-2H3,(H,27,33)(H,28,29)/t14-,15-,18+,19-/m1/s1. The second-order valence-electron chi connectivity index (χ2n) is 9.24. The van der Waals surface area contributed by atoms with Crippen molar-refractivity contribution in [3.63, 3.8) is 0 Å². The molecule has 4 N–H and O–H groups in total. The van der Waals surface area contributed by atoms with E-state index in [1.54, 1.807) is 47.6 Å². The van der Waals surface area contributed by atoms with E-state index < -0.39 is 6.10 Å². The minimum Gasteiger partial charge on any atom is -0.391 e. The molecule has 186 valence electrons. The summed E-state index contributed by atoms with van der Waals surface area (Å²) in [6.07, 6.45) is 7.74. The minimum atomic E-state index is -0.528. The van der Waals surface area contributed by atoms with Crippen LogP contribution in [0.15, 0.2) is 35.4 Å². The molecule has 1 amide bonds. The molecule has 0 bridgehead atoms. The van der Waals surface area contributed by atoms with Gasteiger partial charge in [-0.1, -0.05) is 0 Å². The molecule has 0 unspecified atom stereocenters. The third-order valence-corrected chi connectivity index (χ3v) is 7.06. The Hall–Kier alpha value is -3.44. The Bertz CT molecular complexity index is 1290. The Balaban J connectivity index is 1.44. The highest BCUT2D eigenvalue weighted by atomic mass is 16.5. The van der Waals surface area contributed by atoms with Crippen LogP contribution in [0.3, 0.4) is 0 Å². The van der Waals surface area contributed by atoms with Crippen molar-refractivity contribution in [2.24, 2.45) is 0 Å². The van der Waals surface area contributed by atoms with Crippen molar-refractivity contribution in [3.05, 3.63) is 46.5 Å². The molecule has 2 aliphatic carbocycles. The molecule has 5 rings (SSSR count). The Labute approximate surface area is 202 Å². The Morgan fingerprint density at radius 1 is 1.26 bits per heavy atom. The first-order valence-electron chi connectivity index (χ1n) is 12.0. The number of rotatable bonds is 7. The lowest BCUT2D eigenvalue weighted by atomic mass is 10.2. The molecule has 3 aromatic heterocycles. The lowest BCUT2D eigenvalue weighted by Crippen LogP contribution is -2.33. The van der Waals surface area contributed by atoms with E-state index in [0.717, 1.165) is 32.1 Å². The van der Waals surface area contributed by atoms with Crippen molar-refractivity contribution in [2.75, 3.05) is 24.8 Å². The van der Waals surface area contributed by atoms with Crippen molar-refractivity contribution < 1.29 is 14.6 Å². The van der Waals surface area contributed by atoms with E-state index in [-0.39, 0.29) is 29.7 Å². The van der Waals surface area contributed by atoms with Crippen LogP contribution in [0.25, 0.3) is 5.65 Å². The first-order chi connectivity index (χ1) is 17.0. The van der Waals surface area contributed by atoms with Crippen LogP contribution in [0.2, 0.25) is 0 Å². The third kappa shape index (κ3) is 4.48. The van der Waals surface area contributed by atoms with Gasteiger partial charge in [-0.05, 0) is 50.7 Å². The molecule has 2 fully saturated rings. The van der Waals surface area contributed by atoms with Crippen LogP contribution in [-0.4, -0.2) is 62.6 Å². The van der Waals surface area contributed by atoms with Gasteiger partial charge in [0.2, 0.25) is 0 Å². The van der Waals surface area contributed by atoms with Gasteiger partial charge in [0, 0.05) is 32.5 Å². The number of methoxy groups -OCH3 is 1. The van der Waals surface area contributed by atoms with Crippen LogP contribution < -0.4 is 21.5 Å². The molecule has 11 nitrogen and oxygen atoms in total. The monoisotopic (exact) mass is 481 g/mol. The number of anilines is 3. The number of hydrogen-bond acceptors (Lipinski definition) is 8. The molecular weight excluding hydrogens is 450 g/mol. The molecule has 3 heterocycles. The molecule has 0 saturated heterocycles. The first kappa shape index (κ1) is 23.3. The molecule has 2 saturated carbocycles. The van der Waals surface area contributed by atoms with Crippen LogP contribution in [0.4, 0.5) is 17.3 Å². The average molecular weight is 482 g/mol. The van der Waals surface area contributed by atoms with Gasteiger partial charge in [0.05, 0.1) is 24.4 Å². The molecule has 0 radical (unpaired) electrons. The lowest BCUT2D eigenvalue weighted by Gasteiger charge is -2.19. The first-order valence-corrected chi connectivity index (χ1v) is 12.0. The molecule has 0 aliphatic heterocycles. The maximum absolute atomic E-state index is 13.1. The summed E-state index contributed by atoms with van der Waals surface area (Å²) >= 11 is 0. The SMILES string of the molecule is CNc1cc(Nc2cccn([C@H]3CCC[C@H]3O)c2=O)nc2c(C(=O)N[C@@H]3CC[C@@H](OC)C3)cnn12. The normalized spacial score (nSPS) is 24.1. The van der Waals surface area contributed by atoms with Crippen molar-refractivity contribution in [2.45, 2.75) is 62.8 Å². The number of carbonyl (C=O) groups is 1. The molecule has 0 aromatic carbocycles. The molecule has 0 spiro atoms. The number of hydrogen-bond donors (Lipinski definition) is 4. The summed E-state index contributed by atoms with van der Waals surface area (Å²) in [4.78, 5) is 30.8. The van der Waals surface area contributed by atoms with Crippen molar-refractivity contribution >= 4 is 28.9 Å². The van der Waals surface area contributed by atoms with Crippen molar-refractivity contribution in [1.82, 2.24) is 24.5 Å². The number of nitrogens with zero attached hydrogens (tertiary/aromatic N) is 4. The topological polar surface area (TPSA) is 135 Å². The third-order valence-electron chi connectivity index (χ3n) is 7.06. The zero-order valence-corrected chi connectivity index (χ0v) is 19.9. The van der Waals surface area contributed by atoms with E-state index in [9.17, 15) is 14.7 Å². The van der Waals surface area contributed by atoms with Gasteiger partial charge in [-0.2, -0.15) is 9.61 Å². The predicted molar refractivity (Wildman–Crippen MR) is 131 cm³/mol. The number of aliphatic hydroxyl groups is 1. The maximum Gasteiger partial charge on any atom is 0.274 e. The summed E-state index contributed by atoms with van der Waals surface area (Å²) in [5.74, 6) is 0.767. The van der Waals surface area contributed by atoms with Gasteiger partial charge >= 0.3 is 0 Å². The number of ether oxygens (including phenoxy) is 1. The number of fused-ring (bicyclic) bond motifs is 1. The lowest BCUT2D eigenvalue weighted by molar-refractivity contribution is 0.0916. The quantitative estimate of drug-likeness (QED) is 0.403. The van der Waals surface area contributed by atoms with Gasteiger partial charge in [0.1, 0.15) is 22.9 Å². The molecule has 2 aliphatic rings. The van der Waals surface area contributed by atoms with E-state index in [2.05, 4.69) is 26.0 Å². The zero-order chi connectivity index (χ0) is 24.5. The Morgan fingerprint density at radius 2 is 2.11 bits per heavy atom. The summed E-state index contributed by atoms with van der Waals surface area (Å²) < 4.78 is 8.55. The second-order valence-corrected chi connectivity index (χ2v) is 9.24. The van der Waals surface area contributed by atoms with Gasteiger partial charge in [0.15, 0.2) is 5.65 Å². The van der Waals surface area contributed by atoms with Gasteiger partial charge < -0.3 is 30.4 Å². The highest BCUT2D eigenvalue weighted by Crippen LogP contribution is 2.29. The number of pyridine rings is 1. The molecular formula is C24H31N7O4. The zero-order valence-electron chi connectivity index (χ0n) is 19.9. The van der Waals surface area contributed by atoms with E-state index in [1.807, 2.05) is 0 Å². The highest BCUT2D eigenvalue weighted by Gasteiger charge is 2.29. The van der Waals surface area contributed by atoms with Crippen LogP contribution >= 0.6 is 0 Å². The van der Waals surface area contributed by atoms with E-state index in [4.69, 9.17) is 4.74 Å². The second kappa shape index (κ2) is 9.67. The van der Waals surface area contributed by atoms with Crippen LogP contribution in [0, 0.1) is 0 Å². The van der Waals surface area contributed by atoms with Crippen molar-refractivity contribution in [3.8, 4) is 0 Å². The number of nitrogens with one attached hydrogen (secondary N) is 3. The van der Waals surface area contributed by atoms with Crippen LogP contribution in [-0.2, 0) is 4.74 Å². The maximum atomic E-state index is 13.1. The Morgan fingerprint density at radius 3 is 2.83 bits per heavy atom. The largest absolute Gasteiger partial charge is 0.391 e. The fourth-order valence-electron chi connectivity index (χ4n) is 5.16. The average Bonchev–Trinajstić information content (AvgIpc) is 3.59. The van der Waals surface area contributed by atoms with Crippen LogP contribution in [0.5, 0.6) is 0 Å². The highest BCUT2D eigenvalue weighted by molar-refractivity contribution is 6.00. The number of aliphatic hydroxyl groups excluding tert-OH is 1. The molecule has 3 aromatic rings. The minimum absolute atomic E-state index is 0.0428. The van der Waals surface area contributed by atoms with Crippen LogP contribution in [0.1, 0.15) is 54.9 Å². The van der Waals surface area contributed by atoms with E-state index in [1.165, 1.54) is 6.20 Å². The summed E-state index contributed by atoms with van der Waals surface area (Å²) in [6, 6.07) is 5.00. The predicted octanol–water partition coefficient (Wildman–Crippen LogP) is 2.06. The Kier molecular flexibility index (Phi) is 6.44. The van der Waals surface area contributed by atoms with Gasteiger partial charge in [-0.25, -0.2) is 4.98 Å².